The molecule has 1 aliphatic carbocycles. The van der Waals surface area contributed by atoms with Crippen LogP contribution in [0.1, 0.15) is 64.1 Å². The Morgan fingerprint density at radius 2 is 2.23 bits per heavy atom. The summed E-state index contributed by atoms with van der Waals surface area (Å²) in [5.74, 6) is 1.96. The molecule has 1 saturated carbocycles. The Morgan fingerprint density at radius 1 is 1.46 bits per heavy atom. The molecule has 7 heteroatoms. The molecule has 1 aliphatic heterocycles. The third-order valence-electron chi connectivity index (χ3n) is 5.50. The van der Waals surface area contributed by atoms with Crippen LogP contribution in [0.15, 0.2) is 10.4 Å². The molecule has 0 spiro atoms. The summed E-state index contributed by atoms with van der Waals surface area (Å²) >= 11 is 1.70. The molecule has 0 amide bonds. The van der Waals surface area contributed by atoms with Gasteiger partial charge in [-0.15, -0.1) is 35.3 Å². The molecule has 2 aliphatic rings. The average molecular weight is 492 g/mol. The van der Waals surface area contributed by atoms with Gasteiger partial charge in [0.2, 0.25) is 0 Å². The lowest BCUT2D eigenvalue weighted by Crippen LogP contribution is -2.71. The van der Waals surface area contributed by atoms with E-state index in [4.69, 9.17) is 9.73 Å². The summed E-state index contributed by atoms with van der Waals surface area (Å²) in [5, 5.41) is 10.3. The molecule has 26 heavy (non-hydrogen) atoms. The van der Waals surface area contributed by atoms with E-state index in [1.54, 1.807) is 11.3 Å². The second-order valence-electron chi connectivity index (χ2n) is 8.06. The first-order valence-electron chi connectivity index (χ1n) is 9.54. The SMILES string of the molecule is CCNC(=NCc1nc(C(C)C)cs1)NC1C2CCCOC2C1(C)C.I. The molecule has 3 atom stereocenters. The van der Waals surface area contributed by atoms with Gasteiger partial charge in [0.15, 0.2) is 5.96 Å². The first-order valence-corrected chi connectivity index (χ1v) is 10.4. The second-order valence-corrected chi connectivity index (χ2v) is 9.00. The van der Waals surface area contributed by atoms with Crippen LogP contribution in [0.25, 0.3) is 0 Å². The van der Waals surface area contributed by atoms with E-state index in [0.29, 0.717) is 30.5 Å². The van der Waals surface area contributed by atoms with Gasteiger partial charge in [-0.1, -0.05) is 27.7 Å². The Balaban J connectivity index is 0.00000243. The van der Waals surface area contributed by atoms with Gasteiger partial charge in [-0.3, -0.25) is 0 Å². The maximum Gasteiger partial charge on any atom is 0.191 e. The van der Waals surface area contributed by atoms with Gasteiger partial charge in [0.05, 0.1) is 18.3 Å². The number of aliphatic imine (C=N–C) groups is 1. The summed E-state index contributed by atoms with van der Waals surface area (Å²) in [5.41, 5.74) is 1.31. The average Bonchev–Trinajstić information content (AvgIpc) is 3.06. The zero-order valence-corrected chi connectivity index (χ0v) is 19.7. The van der Waals surface area contributed by atoms with Crippen LogP contribution < -0.4 is 10.6 Å². The molecule has 3 unspecified atom stereocenters. The number of hydrogen-bond donors (Lipinski definition) is 2. The first kappa shape index (κ1) is 21.9. The van der Waals surface area contributed by atoms with Gasteiger partial charge in [-0.05, 0) is 25.7 Å². The smallest absolute Gasteiger partial charge is 0.191 e. The van der Waals surface area contributed by atoms with Gasteiger partial charge in [0, 0.05) is 35.9 Å². The number of hydrogen-bond acceptors (Lipinski definition) is 4. The van der Waals surface area contributed by atoms with E-state index < -0.39 is 0 Å². The van der Waals surface area contributed by atoms with Crippen molar-refractivity contribution in [1.29, 1.82) is 0 Å². The highest BCUT2D eigenvalue weighted by Gasteiger charge is 2.58. The molecule has 1 saturated heterocycles. The molecule has 0 bridgehead atoms. The summed E-state index contributed by atoms with van der Waals surface area (Å²) in [6.45, 7) is 13.5. The van der Waals surface area contributed by atoms with E-state index in [-0.39, 0.29) is 29.4 Å². The van der Waals surface area contributed by atoms with Crippen LogP contribution in [0.5, 0.6) is 0 Å². The van der Waals surface area contributed by atoms with Crippen molar-refractivity contribution in [3.8, 4) is 0 Å². The monoisotopic (exact) mass is 492 g/mol. The van der Waals surface area contributed by atoms with E-state index in [2.05, 4.69) is 55.6 Å². The maximum atomic E-state index is 6.01. The normalized spacial score (nSPS) is 27.3. The molecule has 1 aromatic heterocycles. The molecule has 5 nitrogen and oxygen atoms in total. The summed E-state index contributed by atoms with van der Waals surface area (Å²) in [7, 11) is 0. The van der Waals surface area contributed by atoms with Crippen molar-refractivity contribution in [3.05, 3.63) is 16.1 Å². The molecule has 148 valence electrons. The molecule has 0 aromatic carbocycles. The minimum atomic E-state index is 0. The van der Waals surface area contributed by atoms with Crippen LogP contribution in [0.2, 0.25) is 0 Å². The zero-order chi connectivity index (χ0) is 18.0. The Kier molecular flexibility index (Phi) is 7.73. The fourth-order valence-corrected chi connectivity index (χ4v) is 4.97. The van der Waals surface area contributed by atoms with Gasteiger partial charge in [0.25, 0.3) is 0 Å². The highest BCUT2D eigenvalue weighted by molar-refractivity contribution is 14.0. The lowest BCUT2D eigenvalue weighted by atomic mass is 9.55. The number of guanidine groups is 1. The molecule has 3 rings (SSSR count). The maximum absolute atomic E-state index is 6.01. The van der Waals surface area contributed by atoms with Crippen LogP contribution in [-0.2, 0) is 11.3 Å². The van der Waals surface area contributed by atoms with Crippen molar-refractivity contribution in [2.45, 2.75) is 72.1 Å². The third kappa shape index (κ3) is 4.52. The molecule has 1 aromatic rings. The van der Waals surface area contributed by atoms with Gasteiger partial charge in [0.1, 0.15) is 5.01 Å². The Bertz CT molecular complexity index is 616. The first-order chi connectivity index (χ1) is 11.9. The lowest BCUT2D eigenvalue weighted by Gasteiger charge is -2.60. The van der Waals surface area contributed by atoms with Crippen molar-refractivity contribution < 1.29 is 4.74 Å². The summed E-state index contributed by atoms with van der Waals surface area (Å²) < 4.78 is 6.01. The number of ether oxygens (including phenoxy) is 1. The molecular weight excluding hydrogens is 459 g/mol. The number of aromatic nitrogens is 1. The van der Waals surface area contributed by atoms with Gasteiger partial charge in [-0.25, -0.2) is 9.98 Å². The predicted molar refractivity (Wildman–Crippen MR) is 120 cm³/mol. The number of halogens is 1. The van der Waals surface area contributed by atoms with Gasteiger partial charge in [-0.2, -0.15) is 0 Å². The quantitative estimate of drug-likeness (QED) is 0.369. The van der Waals surface area contributed by atoms with Crippen LogP contribution in [0.3, 0.4) is 0 Å². The molecule has 2 heterocycles. The Labute approximate surface area is 178 Å². The summed E-state index contributed by atoms with van der Waals surface area (Å²) in [4.78, 5) is 9.47. The number of nitrogens with one attached hydrogen (secondary N) is 2. The Morgan fingerprint density at radius 3 is 2.88 bits per heavy atom. The third-order valence-corrected chi connectivity index (χ3v) is 6.35. The predicted octanol–water partition coefficient (Wildman–Crippen LogP) is 4.14. The van der Waals surface area contributed by atoms with Crippen molar-refractivity contribution in [2.24, 2.45) is 16.3 Å². The highest BCUT2D eigenvalue weighted by atomic mass is 127. The van der Waals surface area contributed by atoms with Crippen LogP contribution in [0, 0.1) is 11.3 Å². The highest BCUT2D eigenvalue weighted by Crippen LogP contribution is 2.51. The van der Waals surface area contributed by atoms with Gasteiger partial charge >= 0.3 is 0 Å². The Hall–Kier alpha value is -0.410. The van der Waals surface area contributed by atoms with E-state index in [9.17, 15) is 0 Å². The fraction of sp³-hybridized carbons (Fsp3) is 0.789. The standard InChI is InChI=1S/C19H32N4OS.HI/c1-6-20-18(21-10-15-22-14(11-25-15)12(2)3)23-16-13-8-7-9-24-17(13)19(16,4)5;/h11-13,16-17H,6-10H2,1-5H3,(H2,20,21,23);1H. The van der Waals surface area contributed by atoms with Crippen LogP contribution in [-0.4, -0.2) is 36.2 Å². The fourth-order valence-electron chi connectivity index (χ4n) is 4.09. The minimum Gasteiger partial charge on any atom is -0.377 e. The second kappa shape index (κ2) is 9.19. The van der Waals surface area contributed by atoms with Crippen molar-refractivity contribution in [3.63, 3.8) is 0 Å². The molecule has 0 radical (unpaired) electrons. The van der Waals surface area contributed by atoms with E-state index >= 15 is 0 Å². The number of thiazole rings is 1. The largest absolute Gasteiger partial charge is 0.377 e. The molecule has 2 N–H and O–H groups in total. The van der Waals surface area contributed by atoms with Crippen LogP contribution in [0.4, 0.5) is 0 Å². The molecular formula is C19H33IN4OS. The number of rotatable bonds is 5. The number of nitrogens with zero attached hydrogens (tertiary/aromatic N) is 2. The van der Waals surface area contributed by atoms with Crippen molar-refractivity contribution in [1.82, 2.24) is 15.6 Å². The lowest BCUT2D eigenvalue weighted by molar-refractivity contribution is -0.188. The van der Waals surface area contributed by atoms with Crippen molar-refractivity contribution in [2.75, 3.05) is 13.2 Å². The summed E-state index contributed by atoms with van der Waals surface area (Å²) in [6.07, 6.45) is 2.80. The van der Waals surface area contributed by atoms with E-state index in [1.165, 1.54) is 12.8 Å². The van der Waals surface area contributed by atoms with Crippen LogP contribution >= 0.6 is 35.3 Å². The van der Waals surface area contributed by atoms with E-state index in [0.717, 1.165) is 29.8 Å². The summed E-state index contributed by atoms with van der Waals surface area (Å²) in [6, 6.07) is 0.415. The minimum absolute atomic E-state index is 0. The topological polar surface area (TPSA) is 58.5 Å². The van der Waals surface area contributed by atoms with Gasteiger partial charge < -0.3 is 15.4 Å². The molecule has 2 fully saturated rings. The zero-order valence-electron chi connectivity index (χ0n) is 16.5. The number of fused-ring (bicyclic) bond motifs is 1. The van der Waals surface area contributed by atoms with E-state index in [1.807, 2.05) is 0 Å². The van der Waals surface area contributed by atoms with Crippen molar-refractivity contribution >= 4 is 41.3 Å².